The summed E-state index contributed by atoms with van der Waals surface area (Å²) < 4.78 is 5.20. The molecule has 4 heteroatoms. The molecule has 0 aromatic heterocycles. The number of nitrogens with one attached hydrogen (secondary N) is 1. The highest BCUT2D eigenvalue weighted by Crippen LogP contribution is 2.39. The van der Waals surface area contributed by atoms with Crippen LogP contribution in [-0.4, -0.2) is 28.9 Å². The smallest absolute Gasteiger partial charge is 0.407 e. The molecule has 1 unspecified atom stereocenters. The van der Waals surface area contributed by atoms with Gasteiger partial charge in [0, 0.05) is 6.04 Å². The van der Waals surface area contributed by atoms with Gasteiger partial charge in [-0.2, -0.15) is 0 Å². The summed E-state index contributed by atoms with van der Waals surface area (Å²) >= 11 is 0. The van der Waals surface area contributed by atoms with Gasteiger partial charge in [-0.15, -0.1) is 0 Å². The molecule has 0 saturated heterocycles. The molecule has 0 radical (unpaired) electrons. The molecule has 1 amide bonds. The van der Waals surface area contributed by atoms with Crippen molar-refractivity contribution in [2.24, 2.45) is 11.8 Å². The van der Waals surface area contributed by atoms with Crippen LogP contribution in [-0.2, 0) is 4.74 Å². The summed E-state index contributed by atoms with van der Waals surface area (Å²) in [7, 11) is 0. The summed E-state index contributed by atoms with van der Waals surface area (Å²) in [6, 6.07) is 0.179. The molecule has 0 aromatic rings. The minimum atomic E-state index is -0.446. The number of aliphatic hydroxyl groups excluding tert-OH is 1. The van der Waals surface area contributed by atoms with E-state index >= 15 is 0 Å². The number of alkyl carbamates (subject to hydrolysis) is 1. The fourth-order valence-corrected chi connectivity index (χ4v) is 2.46. The molecule has 1 atom stereocenters. The van der Waals surface area contributed by atoms with Gasteiger partial charge in [-0.1, -0.05) is 12.8 Å². The molecule has 104 valence electrons. The molecule has 0 aliphatic heterocycles. The van der Waals surface area contributed by atoms with Gasteiger partial charge in [0.25, 0.3) is 0 Å². The number of aliphatic hydroxyl groups is 1. The Balaban J connectivity index is 1.61. The Bertz CT molecular complexity index is 301. The van der Waals surface area contributed by atoms with Crippen molar-refractivity contribution in [1.82, 2.24) is 5.32 Å². The molecule has 2 aliphatic rings. The van der Waals surface area contributed by atoms with Crippen LogP contribution >= 0.6 is 0 Å². The van der Waals surface area contributed by atoms with Gasteiger partial charge >= 0.3 is 6.09 Å². The summed E-state index contributed by atoms with van der Waals surface area (Å²) in [5.41, 5.74) is -0.446. The Kier molecular flexibility index (Phi) is 3.85. The maximum atomic E-state index is 11.5. The Morgan fingerprint density at radius 2 is 2.00 bits per heavy atom. The van der Waals surface area contributed by atoms with Crippen LogP contribution in [0, 0.1) is 11.8 Å². The topological polar surface area (TPSA) is 58.6 Å². The zero-order chi connectivity index (χ0) is 13.3. The third-order valence-electron chi connectivity index (χ3n) is 3.71. The van der Waals surface area contributed by atoms with Crippen molar-refractivity contribution < 1.29 is 14.6 Å². The predicted molar refractivity (Wildman–Crippen MR) is 69.2 cm³/mol. The highest BCUT2D eigenvalue weighted by molar-refractivity contribution is 5.68. The molecule has 2 fully saturated rings. The van der Waals surface area contributed by atoms with E-state index in [1.54, 1.807) is 0 Å². The number of amides is 1. The van der Waals surface area contributed by atoms with E-state index in [0.29, 0.717) is 5.92 Å². The molecule has 0 aromatic carbocycles. The monoisotopic (exact) mass is 255 g/mol. The first-order chi connectivity index (χ1) is 8.33. The van der Waals surface area contributed by atoms with Gasteiger partial charge < -0.3 is 15.2 Å². The highest BCUT2D eigenvalue weighted by Gasteiger charge is 2.38. The van der Waals surface area contributed by atoms with E-state index in [0.717, 1.165) is 25.2 Å². The van der Waals surface area contributed by atoms with E-state index in [4.69, 9.17) is 4.74 Å². The molecule has 2 rings (SSSR count). The SMILES string of the molecule is CC(C)(C)OC(=O)NC1CC(C(O)CC2CC2)C1. The van der Waals surface area contributed by atoms with Crippen LogP contribution in [0.1, 0.15) is 52.9 Å². The third-order valence-corrected chi connectivity index (χ3v) is 3.71. The minimum absolute atomic E-state index is 0.172. The lowest BCUT2D eigenvalue weighted by molar-refractivity contribution is 0.0185. The molecule has 0 heterocycles. The predicted octanol–water partition coefficient (Wildman–Crippen LogP) is 2.45. The zero-order valence-corrected chi connectivity index (χ0v) is 11.6. The van der Waals surface area contributed by atoms with Gasteiger partial charge in [-0.05, 0) is 51.9 Å². The number of ether oxygens (including phenoxy) is 1. The lowest BCUT2D eigenvalue weighted by atomic mass is 9.75. The first kappa shape index (κ1) is 13.7. The average Bonchev–Trinajstić information content (AvgIpc) is 2.90. The normalized spacial score (nSPS) is 29.3. The largest absolute Gasteiger partial charge is 0.444 e. The summed E-state index contributed by atoms with van der Waals surface area (Å²) in [5.74, 6) is 1.13. The first-order valence-corrected chi connectivity index (χ1v) is 7.01. The Labute approximate surface area is 109 Å². The Hall–Kier alpha value is -0.770. The van der Waals surface area contributed by atoms with Crippen molar-refractivity contribution in [3.63, 3.8) is 0 Å². The van der Waals surface area contributed by atoms with Gasteiger partial charge in [-0.25, -0.2) is 4.79 Å². The van der Waals surface area contributed by atoms with Gasteiger partial charge in [0.2, 0.25) is 0 Å². The second-order valence-corrected chi connectivity index (χ2v) is 6.82. The van der Waals surface area contributed by atoms with Gasteiger partial charge in [0.05, 0.1) is 6.10 Å². The summed E-state index contributed by atoms with van der Waals surface area (Å²) in [5, 5.41) is 12.8. The number of hydrogen-bond donors (Lipinski definition) is 2. The summed E-state index contributed by atoms with van der Waals surface area (Å²) in [6.45, 7) is 5.57. The standard InChI is InChI=1S/C14H25NO3/c1-14(2,3)18-13(17)15-11-7-10(8-11)12(16)6-9-4-5-9/h9-12,16H,4-8H2,1-3H3,(H,15,17). The molecule has 0 spiro atoms. The van der Waals surface area contributed by atoms with Crippen molar-refractivity contribution in [3.05, 3.63) is 0 Å². The first-order valence-electron chi connectivity index (χ1n) is 7.01. The maximum absolute atomic E-state index is 11.5. The number of rotatable bonds is 4. The molecule has 2 aliphatic carbocycles. The van der Waals surface area contributed by atoms with Gasteiger partial charge in [0.15, 0.2) is 0 Å². The number of carbonyl (C=O) groups excluding carboxylic acids is 1. The van der Waals surface area contributed by atoms with Crippen molar-refractivity contribution in [2.75, 3.05) is 0 Å². The van der Waals surface area contributed by atoms with Crippen LogP contribution in [0.25, 0.3) is 0 Å². The molecule has 2 N–H and O–H groups in total. The second kappa shape index (κ2) is 5.08. The molecular formula is C14H25NO3. The lowest BCUT2D eigenvalue weighted by Crippen LogP contribution is -2.49. The molecule has 2 saturated carbocycles. The minimum Gasteiger partial charge on any atom is -0.444 e. The third kappa shape index (κ3) is 4.16. The highest BCUT2D eigenvalue weighted by atomic mass is 16.6. The quantitative estimate of drug-likeness (QED) is 0.811. The lowest BCUT2D eigenvalue weighted by Gasteiger charge is -2.39. The molecule has 0 bridgehead atoms. The Morgan fingerprint density at radius 1 is 1.39 bits per heavy atom. The fourth-order valence-electron chi connectivity index (χ4n) is 2.46. The van der Waals surface area contributed by atoms with Crippen LogP contribution in [0.2, 0.25) is 0 Å². The van der Waals surface area contributed by atoms with Crippen LogP contribution in [0.3, 0.4) is 0 Å². The fraction of sp³-hybridized carbons (Fsp3) is 0.929. The van der Waals surface area contributed by atoms with Crippen LogP contribution in [0.4, 0.5) is 4.79 Å². The van der Waals surface area contributed by atoms with Crippen molar-refractivity contribution in [1.29, 1.82) is 0 Å². The summed E-state index contributed by atoms with van der Waals surface area (Å²) in [6.07, 6.45) is 4.76. The van der Waals surface area contributed by atoms with Crippen LogP contribution < -0.4 is 5.32 Å². The van der Waals surface area contributed by atoms with E-state index in [9.17, 15) is 9.90 Å². The number of hydrogen-bond acceptors (Lipinski definition) is 3. The van der Waals surface area contributed by atoms with Crippen LogP contribution in [0.5, 0.6) is 0 Å². The van der Waals surface area contributed by atoms with Crippen molar-refractivity contribution >= 4 is 6.09 Å². The van der Waals surface area contributed by atoms with Crippen molar-refractivity contribution in [2.45, 2.75) is 70.6 Å². The van der Waals surface area contributed by atoms with Crippen LogP contribution in [0.15, 0.2) is 0 Å². The van der Waals surface area contributed by atoms with E-state index < -0.39 is 5.60 Å². The van der Waals surface area contributed by atoms with Gasteiger partial charge in [0.1, 0.15) is 5.60 Å². The van der Waals surface area contributed by atoms with E-state index in [1.807, 2.05) is 20.8 Å². The second-order valence-electron chi connectivity index (χ2n) is 6.82. The van der Waals surface area contributed by atoms with Crippen molar-refractivity contribution in [3.8, 4) is 0 Å². The molecule has 4 nitrogen and oxygen atoms in total. The van der Waals surface area contributed by atoms with E-state index in [-0.39, 0.29) is 18.2 Å². The zero-order valence-electron chi connectivity index (χ0n) is 11.6. The average molecular weight is 255 g/mol. The Morgan fingerprint density at radius 3 is 2.50 bits per heavy atom. The van der Waals surface area contributed by atoms with Gasteiger partial charge in [-0.3, -0.25) is 0 Å². The van der Waals surface area contributed by atoms with E-state index in [2.05, 4.69) is 5.32 Å². The number of carbonyl (C=O) groups is 1. The maximum Gasteiger partial charge on any atom is 0.407 e. The molecular weight excluding hydrogens is 230 g/mol. The molecule has 18 heavy (non-hydrogen) atoms. The van der Waals surface area contributed by atoms with E-state index in [1.165, 1.54) is 12.8 Å². The summed E-state index contributed by atoms with van der Waals surface area (Å²) in [4.78, 5) is 11.5.